The Balaban J connectivity index is 1.58. The van der Waals surface area contributed by atoms with E-state index in [1.165, 1.54) is 23.3 Å². The van der Waals surface area contributed by atoms with E-state index in [2.05, 4.69) is 25.0 Å². The van der Waals surface area contributed by atoms with Crippen molar-refractivity contribution in [1.29, 1.82) is 0 Å². The van der Waals surface area contributed by atoms with Gasteiger partial charge in [-0.1, -0.05) is 11.6 Å². The molecule has 1 aromatic carbocycles. The van der Waals surface area contributed by atoms with Crippen molar-refractivity contribution in [2.24, 2.45) is 0 Å². The first-order chi connectivity index (χ1) is 11.7. The molecule has 0 fully saturated rings. The third-order valence-corrected chi connectivity index (χ3v) is 4.85. The van der Waals surface area contributed by atoms with Crippen LogP contribution in [0, 0.1) is 0 Å². The molecule has 2 aromatic heterocycles. The fourth-order valence-corrected chi connectivity index (χ4v) is 3.39. The summed E-state index contributed by atoms with van der Waals surface area (Å²) in [4.78, 5) is 23.8. The largest absolute Gasteiger partial charge is 0.395 e. The van der Waals surface area contributed by atoms with E-state index >= 15 is 0 Å². The van der Waals surface area contributed by atoms with Gasteiger partial charge in [-0.3, -0.25) is 4.79 Å². The molecule has 0 bridgehead atoms. The van der Waals surface area contributed by atoms with Crippen molar-refractivity contribution in [2.45, 2.75) is 6.54 Å². The molecule has 0 aliphatic rings. The highest BCUT2D eigenvalue weighted by Crippen LogP contribution is 2.19. The second-order valence-corrected chi connectivity index (χ2v) is 6.94. The fraction of sp³-hybridized carbons (Fsp3) is 0.214. The van der Waals surface area contributed by atoms with Crippen LogP contribution in [0.3, 0.4) is 0 Å². The SMILES string of the molecule is O=C(NCc1nc2ccc(Cl)cc2[nH]1)c1csc(NSCCO)n1. The first-order valence-corrected chi connectivity index (χ1v) is 9.26. The highest BCUT2D eigenvalue weighted by atomic mass is 35.5. The Morgan fingerprint density at radius 3 is 3.12 bits per heavy atom. The molecule has 10 heteroatoms. The van der Waals surface area contributed by atoms with E-state index in [1.54, 1.807) is 17.5 Å². The molecule has 0 saturated carbocycles. The Morgan fingerprint density at radius 1 is 1.42 bits per heavy atom. The summed E-state index contributed by atoms with van der Waals surface area (Å²) in [5.41, 5.74) is 1.96. The normalized spacial score (nSPS) is 10.9. The number of rotatable bonds is 7. The van der Waals surface area contributed by atoms with Gasteiger partial charge in [-0.25, -0.2) is 9.97 Å². The number of thiazole rings is 1. The number of aliphatic hydroxyl groups excluding tert-OH is 1. The lowest BCUT2D eigenvalue weighted by molar-refractivity contribution is 0.0946. The summed E-state index contributed by atoms with van der Waals surface area (Å²) in [6, 6.07) is 5.38. The summed E-state index contributed by atoms with van der Waals surface area (Å²) in [5, 5.41) is 14.4. The number of hydrogen-bond donors (Lipinski definition) is 4. The first-order valence-electron chi connectivity index (χ1n) is 7.02. The minimum atomic E-state index is -0.273. The Morgan fingerprint density at radius 2 is 2.29 bits per heavy atom. The van der Waals surface area contributed by atoms with Crippen molar-refractivity contribution in [3.8, 4) is 0 Å². The van der Waals surface area contributed by atoms with Crippen molar-refractivity contribution in [3.63, 3.8) is 0 Å². The van der Waals surface area contributed by atoms with Gasteiger partial charge in [0.2, 0.25) is 0 Å². The predicted molar refractivity (Wildman–Crippen MR) is 97.6 cm³/mol. The summed E-state index contributed by atoms with van der Waals surface area (Å²) < 4.78 is 2.97. The maximum atomic E-state index is 12.1. The van der Waals surface area contributed by atoms with Crippen LogP contribution in [-0.4, -0.2) is 38.3 Å². The molecule has 0 aliphatic heterocycles. The van der Waals surface area contributed by atoms with E-state index < -0.39 is 0 Å². The van der Waals surface area contributed by atoms with Crippen LogP contribution in [-0.2, 0) is 6.54 Å². The Bertz CT molecular complexity index is 851. The van der Waals surface area contributed by atoms with Gasteiger partial charge in [-0.2, -0.15) is 0 Å². The van der Waals surface area contributed by atoms with Gasteiger partial charge in [0.15, 0.2) is 5.13 Å². The summed E-state index contributed by atoms with van der Waals surface area (Å²) >= 11 is 8.60. The van der Waals surface area contributed by atoms with Gasteiger partial charge in [0.05, 0.1) is 24.2 Å². The van der Waals surface area contributed by atoms with Crippen molar-refractivity contribution in [3.05, 3.63) is 40.1 Å². The number of halogens is 1. The van der Waals surface area contributed by atoms with E-state index in [9.17, 15) is 4.79 Å². The van der Waals surface area contributed by atoms with E-state index in [4.69, 9.17) is 16.7 Å². The zero-order chi connectivity index (χ0) is 16.9. The number of anilines is 1. The number of aromatic amines is 1. The van der Waals surface area contributed by atoms with Crippen LogP contribution in [0.1, 0.15) is 16.3 Å². The molecule has 3 aromatic rings. The predicted octanol–water partition coefficient (Wildman–Crippen LogP) is 2.66. The van der Waals surface area contributed by atoms with E-state index in [-0.39, 0.29) is 19.1 Å². The quantitative estimate of drug-likeness (QED) is 0.369. The zero-order valence-electron chi connectivity index (χ0n) is 12.4. The molecule has 24 heavy (non-hydrogen) atoms. The molecule has 3 rings (SSSR count). The van der Waals surface area contributed by atoms with Crippen LogP contribution in [0.25, 0.3) is 11.0 Å². The molecule has 0 radical (unpaired) electrons. The first kappa shape index (κ1) is 17.0. The zero-order valence-corrected chi connectivity index (χ0v) is 14.8. The van der Waals surface area contributed by atoms with E-state index in [0.29, 0.717) is 27.4 Å². The van der Waals surface area contributed by atoms with Gasteiger partial charge < -0.3 is 20.1 Å². The van der Waals surface area contributed by atoms with Gasteiger partial charge in [0.1, 0.15) is 11.5 Å². The number of amides is 1. The molecule has 7 nitrogen and oxygen atoms in total. The molecule has 1 amide bonds. The third kappa shape index (κ3) is 4.18. The molecular formula is C14H14ClN5O2S2. The lowest BCUT2D eigenvalue weighted by Gasteiger charge is -2.00. The number of fused-ring (bicyclic) bond motifs is 1. The topological polar surface area (TPSA) is 103 Å². The summed E-state index contributed by atoms with van der Waals surface area (Å²) in [7, 11) is 0. The second kappa shape index (κ2) is 7.84. The van der Waals surface area contributed by atoms with Crippen LogP contribution in [0.4, 0.5) is 5.13 Å². The number of nitrogens with one attached hydrogen (secondary N) is 3. The lowest BCUT2D eigenvalue weighted by atomic mass is 10.3. The molecular weight excluding hydrogens is 370 g/mol. The number of aliphatic hydroxyl groups is 1. The number of H-pyrrole nitrogens is 1. The molecule has 126 valence electrons. The van der Waals surface area contributed by atoms with Crippen LogP contribution >= 0.6 is 34.9 Å². The molecule has 4 N–H and O–H groups in total. The number of carbonyl (C=O) groups excluding carboxylic acids is 1. The van der Waals surface area contributed by atoms with Crippen molar-refractivity contribution < 1.29 is 9.90 Å². The Labute approximate surface area is 151 Å². The minimum absolute atomic E-state index is 0.0824. The monoisotopic (exact) mass is 383 g/mol. The van der Waals surface area contributed by atoms with Crippen molar-refractivity contribution in [2.75, 3.05) is 17.1 Å². The van der Waals surface area contributed by atoms with Gasteiger partial charge >= 0.3 is 0 Å². The molecule has 2 heterocycles. The van der Waals surface area contributed by atoms with Crippen LogP contribution in [0.15, 0.2) is 23.6 Å². The maximum absolute atomic E-state index is 12.1. The molecule has 0 atom stereocenters. The number of benzene rings is 1. The number of carbonyl (C=O) groups is 1. The molecule has 0 spiro atoms. The number of imidazole rings is 1. The van der Waals surface area contributed by atoms with E-state index in [1.807, 2.05) is 6.07 Å². The molecule has 0 saturated heterocycles. The van der Waals surface area contributed by atoms with Gasteiger partial charge in [-0.05, 0) is 30.1 Å². The highest BCUT2D eigenvalue weighted by Gasteiger charge is 2.11. The number of hydrogen-bond acceptors (Lipinski definition) is 7. The number of nitrogens with zero attached hydrogens (tertiary/aromatic N) is 2. The summed E-state index contributed by atoms with van der Waals surface area (Å²) in [5.74, 6) is 0.926. The highest BCUT2D eigenvalue weighted by molar-refractivity contribution is 8.00. The van der Waals surface area contributed by atoms with Crippen LogP contribution < -0.4 is 10.0 Å². The standard InChI is InChI=1S/C14H14ClN5O2S2/c15-8-1-2-9-10(5-8)18-12(17-9)6-16-13(22)11-7-23-14(19-11)20-24-4-3-21/h1-2,5,7,21H,3-4,6H2,(H,16,22)(H,17,18)(H,19,20). The van der Waals surface area contributed by atoms with E-state index in [0.717, 1.165) is 11.0 Å². The Kier molecular flexibility index (Phi) is 5.56. The average molecular weight is 384 g/mol. The van der Waals surface area contributed by atoms with Gasteiger partial charge in [0, 0.05) is 16.2 Å². The smallest absolute Gasteiger partial charge is 0.271 e. The van der Waals surface area contributed by atoms with Crippen molar-refractivity contribution in [1.82, 2.24) is 20.3 Å². The average Bonchev–Trinajstić information content (AvgIpc) is 3.19. The van der Waals surface area contributed by atoms with Gasteiger partial charge in [0.25, 0.3) is 5.91 Å². The fourth-order valence-electron chi connectivity index (χ4n) is 1.96. The second-order valence-electron chi connectivity index (χ2n) is 4.74. The summed E-state index contributed by atoms with van der Waals surface area (Å²) in [6.07, 6.45) is 0. The maximum Gasteiger partial charge on any atom is 0.271 e. The number of aromatic nitrogens is 3. The Hall–Kier alpha value is -1.81. The lowest BCUT2D eigenvalue weighted by Crippen LogP contribution is -2.23. The van der Waals surface area contributed by atoms with Gasteiger partial charge in [-0.15, -0.1) is 11.3 Å². The minimum Gasteiger partial charge on any atom is -0.395 e. The third-order valence-electron chi connectivity index (χ3n) is 3.00. The van der Waals surface area contributed by atoms with Crippen LogP contribution in [0.5, 0.6) is 0 Å². The summed E-state index contributed by atoms with van der Waals surface area (Å²) in [6.45, 7) is 0.351. The van der Waals surface area contributed by atoms with Crippen LogP contribution in [0.2, 0.25) is 5.02 Å². The van der Waals surface area contributed by atoms with Crippen molar-refractivity contribution >= 4 is 57.0 Å². The molecule has 0 aliphatic carbocycles. The molecule has 0 unspecified atom stereocenters.